The maximum Gasteiger partial charge on any atom is 0.195 e. The molecule has 0 radical (unpaired) electrons. The molecule has 0 aliphatic rings. The summed E-state index contributed by atoms with van der Waals surface area (Å²) in [5.41, 5.74) is 5.31. The summed E-state index contributed by atoms with van der Waals surface area (Å²) in [6, 6.07) is 6.43. The third kappa shape index (κ3) is 1.88. The van der Waals surface area contributed by atoms with Crippen LogP contribution in [0.25, 0.3) is 16.2 Å². The minimum Gasteiger partial charge on any atom is -0.296 e. The van der Waals surface area contributed by atoms with Crippen molar-refractivity contribution in [2.75, 3.05) is 0 Å². The fraction of sp³-hybridized carbons (Fsp3) is 0.200. The van der Waals surface area contributed by atoms with Gasteiger partial charge in [-0.3, -0.25) is 9.20 Å². The predicted molar refractivity (Wildman–Crippen MR) is 78.1 cm³/mol. The summed E-state index contributed by atoms with van der Waals surface area (Å²) in [6.45, 7) is 6.30. The molecule has 1 aromatic carbocycles. The van der Waals surface area contributed by atoms with E-state index in [1.807, 2.05) is 4.40 Å². The molecule has 0 saturated carbocycles. The minimum absolute atomic E-state index is 0.484. The van der Waals surface area contributed by atoms with E-state index >= 15 is 0 Å². The topological polar surface area (TPSA) is 34.4 Å². The summed E-state index contributed by atoms with van der Waals surface area (Å²) < 4.78 is 2.02. The van der Waals surface area contributed by atoms with E-state index in [2.05, 4.69) is 44.0 Å². The number of aryl methyl sites for hydroxylation is 3. The molecule has 0 N–H and O–H groups in total. The van der Waals surface area contributed by atoms with Crippen molar-refractivity contribution in [1.29, 1.82) is 0 Å². The van der Waals surface area contributed by atoms with Gasteiger partial charge in [0, 0.05) is 16.6 Å². The molecule has 0 unspecified atom stereocenters. The van der Waals surface area contributed by atoms with E-state index in [1.54, 1.807) is 17.5 Å². The van der Waals surface area contributed by atoms with Crippen LogP contribution in [-0.2, 0) is 0 Å². The monoisotopic (exact) mass is 270 g/mol. The van der Waals surface area contributed by atoms with Crippen LogP contribution < -0.4 is 0 Å². The van der Waals surface area contributed by atoms with Crippen LogP contribution >= 0.6 is 11.3 Å². The third-order valence-electron chi connectivity index (χ3n) is 3.27. The van der Waals surface area contributed by atoms with Crippen molar-refractivity contribution < 1.29 is 4.79 Å². The highest BCUT2D eigenvalue weighted by molar-refractivity contribution is 7.17. The molecule has 19 heavy (non-hydrogen) atoms. The zero-order valence-electron chi connectivity index (χ0n) is 11.1. The van der Waals surface area contributed by atoms with Crippen molar-refractivity contribution in [3.05, 3.63) is 46.1 Å². The molecule has 2 heterocycles. The predicted octanol–water partition coefficient (Wildman–Crippen LogP) is 3.80. The number of rotatable bonds is 2. The second-order valence-electron chi connectivity index (χ2n) is 4.76. The summed E-state index contributed by atoms with van der Waals surface area (Å²) in [5.74, 6) is 0. The van der Waals surface area contributed by atoms with E-state index < -0.39 is 0 Å². The van der Waals surface area contributed by atoms with Crippen LogP contribution in [0.1, 0.15) is 26.5 Å². The van der Waals surface area contributed by atoms with E-state index in [1.165, 1.54) is 21.6 Å². The van der Waals surface area contributed by atoms with E-state index in [0.717, 1.165) is 16.9 Å². The average Bonchev–Trinajstić information content (AvgIpc) is 2.87. The van der Waals surface area contributed by atoms with Crippen LogP contribution in [0.3, 0.4) is 0 Å². The Labute approximate surface area is 115 Å². The van der Waals surface area contributed by atoms with Gasteiger partial charge in [0.1, 0.15) is 5.69 Å². The Morgan fingerprint density at radius 3 is 2.74 bits per heavy atom. The van der Waals surface area contributed by atoms with Crippen molar-refractivity contribution in [3.8, 4) is 11.3 Å². The number of aldehydes is 1. The lowest BCUT2D eigenvalue weighted by Crippen LogP contribution is -1.90. The number of imidazole rings is 1. The van der Waals surface area contributed by atoms with Crippen molar-refractivity contribution in [1.82, 2.24) is 9.38 Å². The molecule has 3 aromatic rings. The molecule has 3 nitrogen and oxygen atoms in total. The van der Waals surface area contributed by atoms with E-state index in [0.29, 0.717) is 5.69 Å². The van der Waals surface area contributed by atoms with Gasteiger partial charge in [0.25, 0.3) is 0 Å². The van der Waals surface area contributed by atoms with Gasteiger partial charge >= 0.3 is 0 Å². The van der Waals surface area contributed by atoms with Crippen molar-refractivity contribution in [2.24, 2.45) is 0 Å². The first-order valence-corrected chi connectivity index (χ1v) is 6.93. The molecule has 0 atom stereocenters. The van der Waals surface area contributed by atoms with E-state index in [4.69, 9.17) is 0 Å². The molecule has 0 fully saturated rings. The van der Waals surface area contributed by atoms with Crippen molar-refractivity contribution >= 4 is 22.6 Å². The van der Waals surface area contributed by atoms with Gasteiger partial charge in [0.05, 0.1) is 5.69 Å². The quantitative estimate of drug-likeness (QED) is 0.664. The van der Waals surface area contributed by atoms with Crippen molar-refractivity contribution in [2.45, 2.75) is 20.8 Å². The first kappa shape index (κ1) is 12.1. The van der Waals surface area contributed by atoms with Crippen LogP contribution in [0, 0.1) is 20.8 Å². The van der Waals surface area contributed by atoms with Gasteiger partial charge in [-0.05, 0) is 26.3 Å². The molecular weight excluding hydrogens is 256 g/mol. The molecule has 0 saturated heterocycles. The average molecular weight is 270 g/mol. The third-order valence-corrected chi connectivity index (χ3v) is 4.24. The lowest BCUT2D eigenvalue weighted by atomic mass is 10.0. The maximum atomic E-state index is 10.8. The van der Waals surface area contributed by atoms with Gasteiger partial charge in [0.2, 0.25) is 0 Å². The van der Waals surface area contributed by atoms with Gasteiger partial charge in [-0.1, -0.05) is 23.8 Å². The first-order chi connectivity index (χ1) is 9.10. The van der Waals surface area contributed by atoms with Crippen molar-refractivity contribution in [3.63, 3.8) is 0 Å². The van der Waals surface area contributed by atoms with Gasteiger partial charge in [0.15, 0.2) is 11.2 Å². The molecule has 0 amide bonds. The maximum absolute atomic E-state index is 10.8. The number of carbonyl (C=O) groups is 1. The smallest absolute Gasteiger partial charge is 0.195 e. The van der Waals surface area contributed by atoms with Crippen LogP contribution in [0.2, 0.25) is 0 Å². The summed E-state index contributed by atoms with van der Waals surface area (Å²) in [6.07, 6.45) is 2.60. The Kier molecular flexibility index (Phi) is 2.75. The molecule has 3 rings (SSSR count). The highest BCUT2D eigenvalue weighted by atomic mass is 32.1. The summed E-state index contributed by atoms with van der Waals surface area (Å²) in [7, 11) is 0. The lowest BCUT2D eigenvalue weighted by Gasteiger charge is -2.07. The van der Waals surface area contributed by atoms with Gasteiger partial charge in [-0.2, -0.15) is 0 Å². The fourth-order valence-electron chi connectivity index (χ4n) is 2.42. The number of hydrogen-bond acceptors (Lipinski definition) is 3. The van der Waals surface area contributed by atoms with Crippen LogP contribution in [0.15, 0.2) is 24.4 Å². The molecule has 0 aliphatic carbocycles. The Morgan fingerprint density at radius 1 is 1.26 bits per heavy atom. The number of benzene rings is 1. The van der Waals surface area contributed by atoms with Crippen LogP contribution in [-0.4, -0.2) is 15.7 Å². The fourth-order valence-corrected chi connectivity index (χ4v) is 3.40. The van der Waals surface area contributed by atoms with Gasteiger partial charge in [-0.15, -0.1) is 11.3 Å². The number of nitrogens with zero attached hydrogens (tertiary/aromatic N) is 2. The second-order valence-corrected chi connectivity index (χ2v) is 5.94. The Hall–Kier alpha value is -1.94. The van der Waals surface area contributed by atoms with Gasteiger partial charge in [-0.25, -0.2) is 4.98 Å². The van der Waals surface area contributed by atoms with Crippen LogP contribution in [0.4, 0.5) is 0 Å². The summed E-state index contributed by atoms with van der Waals surface area (Å²) in [5, 5.41) is 0. The normalized spacial score (nSPS) is 11.1. The Balaban J connectivity index is 2.31. The number of carbonyl (C=O) groups excluding carboxylic acids is 1. The standard InChI is InChI=1S/C15H14N2OS/c1-9-4-5-13(10(2)6-9)14-11(3)19-15-16-12(8-18)7-17(14)15/h4-8H,1-3H3. The number of aromatic nitrogens is 2. The van der Waals surface area contributed by atoms with E-state index in [-0.39, 0.29) is 0 Å². The number of hydrogen-bond donors (Lipinski definition) is 0. The largest absolute Gasteiger partial charge is 0.296 e. The lowest BCUT2D eigenvalue weighted by molar-refractivity contribution is 0.111. The zero-order valence-corrected chi connectivity index (χ0v) is 11.9. The van der Waals surface area contributed by atoms with E-state index in [9.17, 15) is 4.79 Å². The first-order valence-electron chi connectivity index (χ1n) is 6.11. The second kappa shape index (κ2) is 4.31. The highest BCUT2D eigenvalue weighted by Crippen LogP contribution is 2.33. The Morgan fingerprint density at radius 2 is 2.05 bits per heavy atom. The van der Waals surface area contributed by atoms with Crippen LogP contribution in [0.5, 0.6) is 0 Å². The highest BCUT2D eigenvalue weighted by Gasteiger charge is 2.15. The molecule has 96 valence electrons. The summed E-state index contributed by atoms with van der Waals surface area (Å²) in [4.78, 5) is 17.2. The number of thiazole rings is 1. The molecule has 4 heteroatoms. The zero-order chi connectivity index (χ0) is 13.6. The molecule has 0 spiro atoms. The number of fused-ring (bicyclic) bond motifs is 1. The SMILES string of the molecule is Cc1ccc(-c2c(C)sc3nc(C=O)cn23)c(C)c1. The Bertz CT molecular complexity index is 783. The molecular formula is C15H14N2OS. The molecule has 0 bridgehead atoms. The minimum atomic E-state index is 0.484. The molecule has 0 aliphatic heterocycles. The molecule has 2 aromatic heterocycles. The van der Waals surface area contributed by atoms with Gasteiger partial charge < -0.3 is 0 Å². The summed E-state index contributed by atoms with van der Waals surface area (Å²) >= 11 is 1.62.